The predicted molar refractivity (Wildman–Crippen MR) is 76.0 cm³/mol. The maximum Gasteiger partial charge on any atom is 0.128 e. The molecular formula is C14H25N3O. The fraction of sp³-hybridized carbons (Fsp3) is 0.643. The largest absolute Gasteiger partial charge is 0.383 e. The number of hydrogen-bond donors (Lipinski definition) is 1. The molecule has 18 heavy (non-hydrogen) atoms. The minimum Gasteiger partial charge on any atom is -0.383 e. The van der Waals surface area contributed by atoms with Crippen LogP contribution in [0.15, 0.2) is 18.3 Å². The highest BCUT2D eigenvalue weighted by atomic mass is 16.5. The molecule has 1 N–H and O–H groups in total. The number of hydrogen-bond acceptors (Lipinski definition) is 4. The van der Waals surface area contributed by atoms with Crippen LogP contribution >= 0.6 is 0 Å². The van der Waals surface area contributed by atoms with Crippen LogP contribution in [0.1, 0.15) is 25.3 Å². The summed E-state index contributed by atoms with van der Waals surface area (Å²) in [4.78, 5) is 6.69. The molecule has 0 bridgehead atoms. The molecule has 0 aliphatic carbocycles. The standard InChI is InChI=1S/C14H25N3O/c1-4-5-9-17(2)14-7-6-13(12-16-14)11-15-8-10-18-3/h6-7,12,15H,4-5,8-11H2,1-3H3. The summed E-state index contributed by atoms with van der Waals surface area (Å²) in [6.45, 7) is 5.72. The van der Waals surface area contributed by atoms with Crippen molar-refractivity contribution in [3.05, 3.63) is 23.9 Å². The second-order valence-corrected chi connectivity index (χ2v) is 4.47. The van der Waals surface area contributed by atoms with Crippen LogP contribution in [0.4, 0.5) is 5.82 Å². The van der Waals surface area contributed by atoms with Gasteiger partial charge < -0.3 is 15.0 Å². The molecule has 0 unspecified atom stereocenters. The lowest BCUT2D eigenvalue weighted by molar-refractivity contribution is 0.199. The van der Waals surface area contributed by atoms with Crippen molar-refractivity contribution >= 4 is 5.82 Å². The van der Waals surface area contributed by atoms with Crippen LogP contribution in [-0.2, 0) is 11.3 Å². The van der Waals surface area contributed by atoms with Crippen molar-refractivity contribution < 1.29 is 4.74 Å². The van der Waals surface area contributed by atoms with Gasteiger partial charge in [-0.2, -0.15) is 0 Å². The first-order valence-electron chi connectivity index (χ1n) is 6.63. The molecule has 102 valence electrons. The maximum absolute atomic E-state index is 4.98. The minimum atomic E-state index is 0.741. The number of anilines is 1. The van der Waals surface area contributed by atoms with E-state index in [0.29, 0.717) is 0 Å². The fourth-order valence-electron chi connectivity index (χ4n) is 1.66. The second-order valence-electron chi connectivity index (χ2n) is 4.47. The summed E-state index contributed by atoms with van der Waals surface area (Å²) in [6.07, 6.45) is 4.36. The van der Waals surface area contributed by atoms with Crippen LogP contribution in [-0.4, -0.2) is 38.8 Å². The van der Waals surface area contributed by atoms with E-state index in [4.69, 9.17) is 4.74 Å². The Morgan fingerprint density at radius 3 is 2.83 bits per heavy atom. The molecule has 1 aromatic rings. The summed E-state index contributed by atoms with van der Waals surface area (Å²) < 4.78 is 4.98. The lowest BCUT2D eigenvalue weighted by atomic mass is 10.2. The number of nitrogens with one attached hydrogen (secondary N) is 1. The Kier molecular flexibility index (Phi) is 7.37. The van der Waals surface area contributed by atoms with E-state index >= 15 is 0 Å². The van der Waals surface area contributed by atoms with Gasteiger partial charge in [0, 0.05) is 40.0 Å². The van der Waals surface area contributed by atoms with Crippen LogP contribution in [0.25, 0.3) is 0 Å². The van der Waals surface area contributed by atoms with Gasteiger partial charge in [0.15, 0.2) is 0 Å². The summed E-state index contributed by atoms with van der Waals surface area (Å²) in [6, 6.07) is 4.22. The predicted octanol–water partition coefficient (Wildman–Crippen LogP) is 2.05. The number of aromatic nitrogens is 1. The van der Waals surface area contributed by atoms with E-state index in [0.717, 1.165) is 32.1 Å². The van der Waals surface area contributed by atoms with Crippen LogP contribution in [0.5, 0.6) is 0 Å². The Bertz CT molecular complexity index is 313. The lowest BCUT2D eigenvalue weighted by Gasteiger charge is -2.17. The van der Waals surface area contributed by atoms with E-state index in [1.165, 1.54) is 18.4 Å². The number of rotatable bonds is 9. The van der Waals surface area contributed by atoms with E-state index in [9.17, 15) is 0 Å². The molecule has 0 atom stereocenters. The van der Waals surface area contributed by atoms with Gasteiger partial charge >= 0.3 is 0 Å². The molecule has 0 fully saturated rings. The highest BCUT2D eigenvalue weighted by Crippen LogP contribution is 2.10. The molecular weight excluding hydrogens is 226 g/mol. The fourth-order valence-corrected chi connectivity index (χ4v) is 1.66. The Hall–Kier alpha value is -1.13. The van der Waals surface area contributed by atoms with E-state index in [-0.39, 0.29) is 0 Å². The minimum absolute atomic E-state index is 0.741. The first-order chi connectivity index (χ1) is 8.77. The molecule has 0 saturated heterocycles. The molecule has 0 aliphatic heterocycles. The smallest absolute Gasteiger partial charge is 0.128 e. The molecule has 0 spiro atoms. The Morgan fingerprint density at radius 1 is 1.39 bits per heavy atom. The molecule has 0 amide bonds. The molecule has 0 saturated carbocycles. The van der Waals surface area contributed by atoms with Crippen LogP contribution < -0.4 is 10.2 Å². The van der Waals surface area contributed by atoms with Gasteiger partial charge in [-0.05, 0) is 18.1 Å². The van der Waals surface area contributed by atoms with Gasteiger partial charge in [0.2, 0.25) is 0 Å². The van der Waals surface area contributed by atoms with E-state index in [1.807, 2.05) is 6.20 Å². The number of ether oxygens (including phenoxy) is 1. The number of unbranched alkanes of at least 4 members (excludes halogenated alkanes) is 1. The first kappa shape index (κ1) is 14.9. The normalized spacial score (nSPS) is 10.6. The van der Waals surface area contributed by atoms with Crippen molar-refractivity contribution in [1.82, 2.24) is 10.3 Å². The summed E-state index contributed by atoms with van der Waals surface area (Å²) >= 11 is 0. The zero-order valence-electron chi connectivity index (χ0n) is 11.8. The van der Waals surface area contributed by atoms with E-state index in [1.54, 1.807) is 7.11 Å². The average molecular weight is 251 g/mol. The summed E-state index contributed by atoms with van der Waals surface area (Å²) in [5.74, 6) is 1.05. The monoisotopic (exact) mass is 251 g/mol. The molecule has 1 heterocycles. The van der Waals surface area contributed by atoms with Crippen molar-refractivity contribution in [2.75, 3.05) is 38.8 Å². The average Bonchev–Trinajstić information content (AvgIpc) is 2.41. The lowest BCUT2D eigenvalue weighted by Crippen LogP contribution is -2.20. The third-order valence-electron chi connectivity index (χ3n) is 2.86. The quantitative estimate of drug-likeness (QED) is 0.682. The van der Waals surface area contributed by atoms with Gasteiger partial charge in [-0.15, -0.1) is 0 Å². The topological polar surface area (TPSA) is 37.4 Å². The molecule has 0 radical (unpaired) electrons. The second kappa shape index (κ2) is 8.89. The van der Waals surface area contributed by atoms with Crippen LogP contribution in [0.3, 0.4) is 0 Å². The molecule has 1 rings (SSSR count). The molecule has 4 nitrogen and oxygen atoms in total. The third kappa shape index (κ3) is 5.47. The van der Waals surface area contributed by atoms with Crippen molar-refractivity contribution in [1.29, 1.82) is 0 Å². The molecule has 1 aromatic heterocycles. The van der Waals surface area contributed by atoms with Crippen molar-refractivity contribution in [3.63, 3.8) is 0 Å². The number of pyridine rings is 1. The summed E-state index contributed by atoms with van der Waals surface area (Å²) in [7, 11) is 3.80. The van der Waals surface area contributed by atoms with Gasteiger partial charge in [0.25, 0.3) is 0 Å². The number of methoxy groups -OCH3 is 1. The van der Waals surface area contributed by atoms with E-state index < -0.39 is 0 Å². The van der Waals surface area contributed by atoms with Gasteiger partial charge in [-0.1, -0.05) is 19.4 Å². The van der Waals surface area contributed by atoms with Crippen molar-refractivity contribution in [2.45, 2.75) is 26.3 Å². The molecule has 4 heteroatoms. The Morgan fingerprint density at radius 2 is 2.22 bits per heavy atom. The maximum atomic E-state index is 4.98. The van der Waals surface area contributed by atoms with Gasteiger partial charge in [0.1, 0.15) is 5.82 Å². The van der Waals surface area contributed by atoms with E-state index in [2.05, 4.69) is 41.3 Å². The Labute approximate surface area is 110 Å². The third-order valence-corrected chi connectivity index (χ3v) is 2.86. The van der Waals surface area contributed by atoms with Crippen molar-refractivity contribution in [3.8, 4) is 0 Å². The van der Waals surface area contributed by atoms with Gasteiger partial charge in [-0.25, -0.2) is 4.98 Å². The molecule has 0 aliphatic rings. The highest BCUT2D eigenvalue weighted by molar-refractivity contribution is 5.38. The van der Waals surface area contributed by atoms with Crippen LogP contribution in [0, 0.1) is 0 Å². The van der Waals surface area contributed by atoms with Gasteiger partial charge in [-0.3, -0.25) is 0 Å². The first-order valence-corrected chi connectivity index (χ1v) is 6.63. The summed E-state index contributed by atoms with van der Waals surface area (Å²) in [5.41, 5.74) is 1.21. The zero-order valence-corrected chi connectivity index (χ0v) is 11.8. The Balaban J connectivity index is 2.37. The molecule has 0 aromatic carbocycles. The van der Waals surface area contributed by atoms with Crippen molar-refractivity contribution in [2.24, 2.45) is 0 Å². The zero-order chi connectivity index (χ0) is 13.2. The highest BCUT2D eigenvalue weighted by Gasteiger charge is 2.01. The van der Waals surface area contributed by atoms with Gasteiger partial charge in [0.05, 0.1) is 6.61 Å². The number of nitrogens with zero attached hydrogens (tertiary/aromatic N) is 2. The SMILES string of the molecule is CCCCN(C)c1ccc(CNCCOC)cn1. The van der Waals surface area contributed by atoms with Crippen LogP contribution in [0.2, 0.25) is 0 Å². The summed E-state index contributed by atoms with van der Waals surface area (Å²) in [5, 5.41) is 3.31.